The van der Waals surface area contributed by atoms with Crippen molar-refractivity contribution in [1.29, 1.82) is 0 Å². The fraction of sp³-hybridized carbons (Fsp3) is 0.412. The normalized spacial score (nSPS) is 19.5. The second kappa shape index (κ2) is 5.47. The molecule has 1 aliphatic rings. The van der Waals surface area contributed by atoms with Gasteiger partial charge in [-0.3, -0.25) is 0 Å². The minimum atomic E-state index is -0.144. The van der Waals surface area contributed by atoms with Crippen molar-refractivity contribution in [3.05, 3.63) is 35.3 Å². The standard InChI is InChI=1S/C17H20N4O2/c1-10-11(2)18-14-5-4-12(8-13(10)14)16-19-17(23-20-16)15-9-21(3)6-7-22-15/h4-5,8,15,18H,6-7,9H2,1-3H3/t15-/m0/s1. The summed E-state index contributed by atoms with van der Waals surface area (Å²) in [4.78, 5) is 10.1. The van der Waals surface area contributed by atoms with E-state index in [2.05, 4.69) is 53.1 Å². The average Bonchev–Trinajstić information content (AvgIpc) is 3.14. The van der Waals surface area contributed by atoms with Crippen molar-refractivity contribution in [2.24, 2.45) is 0 Å². The molecule has 120 valence electrons. The lowest BCUT2D eigenvalue weighted by Crippen LogP contribution is -2.35. The van der Waals surface area contributed by atoms with Gasteiger partial charge in [-0.1, -0.05) is 5.16 Å². The van der Waals surface area contributed by atoms with Crippen molar-refractivity contribution in [2.75, 3.05) is 26.7 Å². The van der Waals surface area contributed by atoms with Crippen LogP contribution in [0.3, 0.4) is 0 Å². The zero-order chi connectivity index (χ0) is 16.0. The minimum Gasteiger partial charge on any atom is -0.366 e. The topological polar surface area (TPSA) is 67.2 Å². The molecule has 0 amide bonds. The number of hydrogen-bond donors (Lipinski definition) is 1. The summed E-state index contributed by atoms with van der Waals surface area (Å²) in [6.45, 7) is 6.59. The second-order valence-electron chi connectivity index (χ2n) is 6.21. The lowest BCUT2D eigenvalue weighted by molar-refractivity contribution is -0.0366. The number of aromatic nitrogens is 3. The number of aromatic amines is 1. The highest BCUT2D eigenvalue weighted by Crippen LogP contribution is 2.28. The number of fused-ring (bicyclic) bond motifs is 1. The first-order valence-electron chi connectivity index (χ1n) is 7.85. The molecule has 23 heavy (non-hydrogen) atoms. The van der Waals surface area contributed by atoms with Crippen LogP contribution in [0.1, 0.15) is 23.3 Å². The molecule has 0 radical (unpaired) electrons. The number of morpholine rings is 1. The van der Waals surface area contributed by atoms with Crippen molar-refractivity contribution >= 4 is 10.9 Å². The van der Waals surface area contributed by atoms with Gasteiger partial charge in [-0.2, -0.15) is 4.98 Å². The van der Waals surface area contributed by atoms with Gasteiger partial charge in [0.2, 0.25) is 5.82 Å². The first-order chi connectivity index (χ1) is 11.1. The SMILES string of the molecule is Cc1[nH]c2ccc(-c3noc([C@@H]4CN(C)CCO4)n3)cc2c1C. The van der Waals surface area contributed by atoms with Crippen LogP contribution < -0.4 is 0 Å². The number of H-pyrrole nitrogens is 1. The number of rotatable bonds is 2. The molecule has 1 atom stereocenters. The highest BCUT2D eigenvalue weighted by molar-refractivity contribution is 5.88. The van der Waals surface area contributed by atoms with Crippen LogP contribution in [0.4, 0.5) is 0 Å². The van der Waals surface area contributed by atoms with Gasteiger partial charge >= 0.3 is 0 Å². The Bertz CT molecular complexity index is 852. The number of nitrogens with zero attached hydrogens (tertiary/aromatic N) is 3. The number of benzene rings is 1. The van der Waals surface area contributed by atoms with Crippen molar-refractivity contribution < 1.29 is 9.26 Å². The van der Waals surface area contributed by atoms with Gasteiger partial charge in [0, 0.05) is 35.2 Å². The molecule has 0 aliphatic carbocycles. The van der Waals surface area contributed by atoms with E-state index in [-0.39, 0.29) is 6.10 Å². The summed E-state index contributed by atoms with van der Waals surface area (Å²) < 4.78 is 11.2. The average molecular weight is 312 g/mol. The molecule has 3 aromatic rings. The van der Waals surface area contributed by atoms with E-state index >= 15 is 0 Å². The Kier molecular flexibility index (Phi) is 3.43. The molecule has 2 aromatic heterocycles. The second-order valence-corrected chi connectivity index (χ2v) is 6.21. The van der Waals surface area contributed by atoms with Crippen LogP contribution in [0.5, 0.6) is 0 Å². The van der Waals surface area contributed by atoms with Crippen LogP contribution in [0.25, 0.3) is 22.3 Å². The summed E-state index contributed by atoms with van der Waals surface area (Å²) in [6.07, 6.45) is -0.144. The number of ether oxygens (including phenoxy) is 1. The van der Waals surface area contributed by atoms with E-state index in [1.807, 2.05) is 6.07 Å². The van der Waals surface area contributed by atoms with Gasteiger partial charge in [0.05, 0.1) is 6.61 Å². The summed E-state index contributed by atoms with van der Waals surface area (Å²) in [7, 11) is 2.07. The fourth-order valence-corrected chi connectivity index (χ4v) is 3.01. The fourth-order valence-electron chi connectivity index (χ4n) is 3.01. The van der Waals surface area contributed by atoms with E-state index in [9.17, 15) is 0 Å². The third-order valence-corrected chi connectivity index (χ3v) is 4.55. The molecule has 1 saturated heterocycles. The molecule has 6 nitrogen and oxygen atoms in total. The Labute approximate surface area is 134 Å². The molecule has 1 fully saturated rings. The molecule has 3 heterocycles. The van der Waals surface area contributed by atoms with Gasteiger partial charge in [-0.15, -0.1) is 0 Å². The molecular weight excluding hydrogens is 292 g/mol. The maximum absolute atomic E-state index is 5.73. The summed E-state index contributed by atoms with van der Waals surface area (Å²) >= 11 is 0. The van der Waals surface area contributed by atoms with Crippen molar-refractivity contribution in [3.8, 4) is 11.4 Å². The molecule has 6 heteroatoms. The van der Waals surface area contributed by atoms with Gasteiger partial charge in [0.15, 0.2) is 0 Å². The van der Waals surface area contributed by atoms with E-state index in [1.54, 1.807) is 0 Å². The lowest BCUT2D eigenvalue weighted by Gasteiger charge is -2.27. The van der Waals surface area contributed by atoms with Crippen LogP contribution in [-0.2, 0) is 4.74 Å². The molecule has 0 bridgehead atoms. The van der Waals surface area contributed by atoms with Crippen LogP contribution in [0, 0.1) is 13.8 Å². The minimum absolute atomic E-state index is 0.144. The highest BCUT2D eigenvalue weighted by Gasteiger charge is 2.25. The summed E-state index contributed by atoms with van der Waals surface area (Å²) in [5.41, 5.74) is 4.52. The molecule has 1 N–H and O–H groups in total. The van der Waals surface area contributed by atoms with E-state index in [4.69, 9.17) is 9.26 Å². The van der Waals surface area contributed by atoms with Crippen LogP contribution in [-0.4, -0.2) is 46.8 Å². The monoisotopic (exact) mass is 312 g/mol. The van der Waals surface area contributed by atoms with Crippen molar-refractivity contribution in [1.82, 2.24) is 20.0 Å². The third-order valence-electron chi connectivity index (χ3n) is 4.55. The largest absolute Gasteiger partial charge is 0.366 e. The number of hydrogen-bond acceptors (Lipinski definition) is 5. The summed E-state index contributed by atoms with van der Waals surface area (Å²) in [6, 6.07) is 6.18. The molecule has 4 rings (SSSR count). The molecule has 0 spiro atoms. The van der Waals surface area contributed by atoms with Crippen LogP contribution in [0.2, 0.25) is 0 Å². The molecule has 1 aromatic carbocycles. The smallest absolute Gasteiger partial charge is 0.257 e. The van der Waals surface area contributed by atoms with E-state index in [0.717, 1.165) is 24.2 Å². The maximum Gasteiger partial charge on any atom is 0.257 e. The Morgan fingerprint density at radius 1 is 1.30 bits per heavy atom. The highest BCUT2D eigenvalue weighted by atomic mass is 16.5. The van der Waals surface area contributed by atoms with Crippen LogP contribution in [0.15, 0.2) is 22.7 Å². The van der Waals surface area contributed by atoms with Gasteiger partial charge in [0.25, 0.3) is 5.89 Å². The predicted octanol–water partition coefficient (Wildman–Crippen LogP) is 2.84. The van der Waals surface area contributed by atoms with Crippen LogP contribution >= 0.6 is 0 Å². The van der Waals surface area contributed by atoms with Gasteiger partial charge in [0.1, 0.15) is 6.10 Å². The third kappa shape index (κ3) is 2.54. The van der Waals surface area contributed by atoms with Gasteiger partial charge < -0.3 is 19.1 Å². The Balaban J connectivity index is 1.67. The molecule has 1 aliphatic heterocycles. The Morgan fingerprint density at radius 2 is 2.17 bits per heavy atom. The number of nitrogens with one attached hydrogen (secondary N) is 1. The first kappa shape index (κ1) is 14.4. The lowest BCUT2D eigenvalue weighted by atomic mass is 10.1. The van der Waals surface area contributed by atoms with Gasteiger partial charge in [-0.25, -0.2) is 0 Å². The Morgan fingerprint density at radius 3 is 3.00 bits per heavy atom. The number of aryl methyl sites for hydroxylation is 2. The van der Waals surface area contributed by atoms with Crippen molar-refractivity contribution in [2.45, 2.75) is 20.0 Å². The molecule has 0 saturated carbocycles. The first-order valence-corrected chi connectivity index (χ1v) is 7.85. The zero-order valence-electron chi connectivity index (χ0n) is 13.6. The van der Waals surface area contributed by atoms with Crippen molar-refractivity contribution in [3.63, 3.8) is 0 Å². The van der Waals surface area contributed by atoms with Gasteiger partial charge in [-0.05, 0) is 44.7 Å². The molecule has 0 unspecified atom stereocenters. The Hall–Kier alpha value is -2.18. The predicted molar refractivity (Wildman–Crippen MR) is 87.3 cm³/mol. The summed E-state index contributed by atoms with van der Waals surface area (Å²) in [5, 5.41) is 5.33. The summed E-state index contributed by atoms with van der Waals surface area (Å²) in [5.74, 6) is 1.16. The quantitative estimate of drug-likeness (QED) is 0.788. The molecular formula is C17H20N4O2. The number of likely N-dealkylation sites (N-methyl/N-ethyl adjacent to an activating group) is 1. The zero-order valence-corrected chi connectivity index (χ0v) is 13.6. The van der Waals surface area contributed by atoms with E-state index in [0.29, 0.717) is 18.3 Å². The van der Waals surface area contributed by atoms with E-state index < -0.39 is 0 Å². The van der Waals surface area contributed by atoms with E-state index in [1.165, 1.54) is 16.6 Å². The maximum atomic E-state index is 5.73.